The number of aryl methyl sites for hydroxylation is 2. The summed E-state index contributed by atoms with van der Waals surface area (Å²) >= 11 is 1.28. The van der Waals surface area contributed by atoms with E-state index in [1.165, 1.54) is 17.8 Å². The largest absolute Gasteiger partial charge is 0.351 e. The van der Waals surface area contributed by atoms with Crippen LogP contribution in [0.3, 0.4) is 0 Å². The maximum absolute atomic E-state index is 13.4. The van der Waals surface area contributed by atoms with Crippen LogP contribution in [0.2, 0.25) is 0 Å². The lowest BCUT2D eigenvalue weighted by Crippen LogP contribution is -2.25. The van der Waals surface area contributed by atoms with Crippen LogP contribution in [-0.2, 0) is 11.3 Å². The van der Waals surface area contributed by atoms with E-state index >= 15 is 0 Å². The number of benzene rings is 1. The summed E-state index contributed by atoms with van der Waals surface area (Å²) in [5.41, 5.74) is 3.37. The molecule has 0 saturated heterocycles. The second-order valence-electron chi connectivity index (χ2n) is 4.96. The van der Waals surface area contributed by atoms with Crippen molar-refractivity contribution in [2.75, 3.05) is 5.75 Å². The van der Waals surface area contributed by atoms with Gasteiger partial charge in [-0.25, -0.2) is 14.4 Å². The van der Waals surface area contributed by atoms with E-state index in [9.17, 15) is 9.18 Å². The SMILES string of the molecule is Cc1nc(SCC(=O)NCc2ccccc2F)nc(C)c1C. The van der Waals surface area contributed by atoms with Gasteiger partial charge in [-0.05, 0) is 32.4 Å². The molecule has 0 spiro atoms. The van der Waals surface area contributed by atoms with Crippen molar-refractivity contribution in [2.24, 2.45) is 0 Å². The summed E-state index contributed by atoms with van der Waals surface area (Å²) in [5, 5.41) is 3.28. The molecule has 0 bridgehead atoms. The predicted octanol–water partition coefficient (Wildman–Crippen LogP) is 2.95. The Balaban J connectivity index is 1.87. The van der Waals surface area contributed by atoms with Gasteiger partial charge in [-0.15, -0.1) is 0 Å². The lowest BCUT2D eigenvalue weighted by Gasteiger charge is -2.08. The lowest BCUT2D eigenvalue weighted by atomic mass is 10.2. The molecule has 2 aromatic rings. The Morgan fingerprint density at radius 3 is 2.45 bits per heavy atom. The van der Waals surface area contributed by atoms with Crippen LogP contribution in [0.25, 0.3) is 0 Å². The highest BCUT2D eigenvalue weighted by Crippen LogP contribution is 2.16. The van der Waals surface area contributed by atoms with Crippen molar-refractivity contribution in [3.05, 3.63) is 52.6 Å². The molecule has 1 N–H and O–H groups in total. The van der Waals surface area contributed by atoms with Crippen LogP contribution in [0.5, 0.6) is 0 Å². The molecule has 22 heavy (non-hydrogen) atoms. The van der Waals surface area contributed by atoms with Gasteiger partial charge < -0.3 is 5.32 Å². The van der Waals surface area contributed by atoms with Crippen LogP contribution in [0, 0.1) is 26.6 Å². The third kappa shape index (κ3) is 4.27. The Labute approximate surface area is 133 Å². The summed E-state index contributed by atoms with van der Waals surface area (Å²) in [6, 6.07) is 6.39. The fraction of sp³-hybridized carbons (Fsp3) is 0.312. The molecule has 6 heteroatoms. The molecule has 1 aromatic carbocycles. The Hall–Kier alpha value is -1.95. The smallest absolute Gasteiger partial charge is 0.230 e. The second-order valence-corrected chi connectivity index (χ2v) is 5.90. The minimum atomic E-state index is -0.316. The number of carbonyl (C=O) groups excluding carboxylic acids is 1. The number of carbonyl (C=O) groups is 1. The topological polar surface area (TPSA) is 54.9 Å². The highest BCUT2D eigenvalue weighted by atomic mass is 32.2. The van der Waals surface area contributed by atoms with Crippen LogP contribution in [-0.4, -0.2) is 21.6 Å². The second kappa shape index (κ2) is 7.35. The van der Waals surface area contributed by atoms with Gasteiger partial charge >= 0.3 is 0 Å². The summed E-state index contributed by atoms with van der Waals surface area (Å²) in [7, 11) is 0. The van der Waals surface area contributed by atoms with Crippen LogP contribution < -0.4 is 5.32 Å². The maximum Gasteiger partial charge on any atom is 0.230 e. The fourth-order valence-corrected chi connectivity index (χ4v) is 2.59. The molecule has 0 unspecified atom stereocenters. The molecule has 0 aliphatic rings. The Bertz CT molecular complexity index is 668. The van der Waals surface area contributed by atoms with Crippen LogP contribution >= 0.6 is 11.8 Å². The Morgan fingerprint density at radius 2 is 1.82 bits per heavy atom. The van der Waals surface area contributed by atoms with E-state index in [4.69, 9.17) is 0 Å². The van der Waals surface area contributed by atoms with Gasteiger partial charge in [-0.3, -0.25) is 4.79 Å². The van der Waals surface area contributed by atoms with Crippen molar-refractivity contribution in [3.8, 4) is 0 Å². The summed E-state index contributed by atoms with van der Waals surface area (Å²) < 4.78 is 13.4. The first-order chi connectivity index (χ1) is 10.5. The number of hydrogen-bond acceptors (Lipinski definition) is 4. The molecular weight excluding hydrogens is 301 g/mol. The van der Waals surface area contributed by atoms with Crippen molar-refractivity contribution in [1.82, 2.24) is 15.3 Å². The van der Waals surface area contributed by atoms with Gasteiger partial charge in [0.2, 0.25) is 5.91 Å². The normalized spacial score (nSPS) is 10.5. The fourth-order valence-electron chi connectivity index (χ4n) is 1.82. The average Bonchev–Trinajstić information content (AvgIpc) is 2.49. The highest BCUT2D eigenvalue weighted by molar-refractivity contribution is 7.99. The average molecular weight is 319 g/mol. The quantitative estimate of drug-likeness (QED) is 0.680. The Morgan fingerprint density at radius 1 is 1.18 bits per heavy atom. The minimum absolute atomic E-state index is 0.173. The zero-order chi connectivity index (χ0) is 16.1. The van der Waals surface area contributed by atoms with E-state index in [1.54, 1.807) is 18.2 Å². The third-order valence-electron chi connectivity index (χ3n) is 3.38. The predicted molar refractivity (Wildman–Crippen MR) is 85.2 cm³/mol. The van der Waals surface area contributed by atoms with Crippen LogP contribution in [0.4, 0.5) is 4.39 Å². The first kappa shape index (κ1) is 16.4. The number of hydrogen-bond donors (Lipinski definition) is 1. The molecule has 1 aromatic heterocycles. The van der Waals surface area contributed by atoms with Crippen LogP contribution in [0.1, 0.15) is 22.5 Å². The number of rotatable bonds is 5. The van der Waals surface area contributed by atoms with Gasteiger partial charge in [0.05, 0.1) is 5.75 Å². The minimum Gasteiger partial charge on any atom is -0.351 e. The van der Waals surface area contributed by atoms with Crippen LogP contribution in [0.15, 0.2) is 29.4 Å². The summed E-state index contributed by atoms with van der Waals surface area (Å²) in [6.45, 7) is 6.00. The molecule has 4 nitrogen and oxygen atoms in total. The molecule has 1 heterocycles. The molecule has 2 rings (SSSR count). The number of nitrogens with zero attached hydrogens (tertiary/aromatic N) is 2. The van der Waals surface area contributed by atoms with Crippen molar-refractivity contribution in [2.45, 2.75) is 32.5 Å². The molecule has 0 aliphatic heterocycles. The summed E-state index contributed by atoms with van der Waals surface area (Å²) in [6.07, 6.45) is 0. The van der Waals surface area contributed by atoms with E-state index in [0.717, 1.165) is 17.0 Å². The number of amides is 1. The summed E-state index contributed by atoms with van der Waals surface area (Å²) in [5.74, 6) is -0.285. The van der Waals surface area contributed by atoms with Gasteiger partial charge in [0.1, 0.15) is 5.82 Å². The number of thioether (sulfide) groups is 1. The molecule has 0 fully saturated rings. The molecule has 116 valence electrons. The number of halogens is 1. The number of aromatic nitrogens is 2. The molecule has 0 radical (unpaired) electrons. The zero-order valence-corrected chi connectivity index (χ0v) is 13.6. The lowest BCUT2D eigenvalue weighted by molar-refractivity contribution is -0.118. The van der Waals surface area contributed by atoms with E-state index < -0.39 is 0 Å². The molecule has 1 amide bonds. The van der Waals surface area contributed by atoms with Gasteiger partial charge in [-0.2, -0.15) is 0 Å². The zero-order valence-electron chi connectivity index (χ0n) is 12.8. The van der Waals surface area contributed by atoms with E-state index in [1.807, 2.05) is 20.8 Å². The Kier molecular flexibility index (Phi) is 5.49. The monoisotopic (exact) mass is 319 g/mol. The standard InChI is InChI=1S/C16H18FN3OS/c1-10-11(2)19-16(20-12(10)3)22-9-15(21)18-8-13-6-4-5-7-14(13)17/h4-7H,8-9H2,1-3H3,(H,18,21). The maximum atomic E-state index is 13.4. The number of nitrogens with one attached hydrogen (secondary N) is 1. The van der Waals surface area contributed by atoms with Gasteiger partial charge in [0.25, 0.3) is 0 Å². The van der Waals surface area contributed by atoms with Crippen molar-refractivity contribution in [3.63, 3.8) is 0 Å². The molecule has 0 aliphatic carbocycles. The van der Waals surface area contributed by atoms with E-state index in [2.05, 4.69) is 15.3 Å². The van der Waals surface area contributed by atoms with E-state index in [-0.39, 0.29) is 24.0 Å². The molecular formula is C16H18FN3OS. The molecule has 0 saturated carbocycles. The van der Waals surface area contributed by atoms with Gasteiger partial charge in [0.15, 0.2) is 5.16 Å². The highest BCUT2D eigenvalue weighted by Gasteiger charge is 2.09. The van der Waals surface area contributed by atoms with Crippen molar-refractivity contribution in [1.29, 1.82) is 0 Å². The summed E-state index contributed by atoms with van der Waals surface area (Å²) in [4.78, 5) is 20.5. The third-order valence-corrected chi connectivity index (χ3v) is 4.23. The van der Waals surface area contributed by atoms with E-state index in [0.29, 0.717) is 10.7 Å². The van der Waals surface area contributed by atoms with Crippen molar-refractivity contribution >= 4 is 17.7 Å². The van der Waals surface area contributed by atoms with Gasteiger partial charge in [0, 0.05) is 23.5 Å². The molecule has 0 atom stereocenters. The van der Waals surface area contributed by atoms with Gasteiger partial charge in [-0.1, -0.05) is 30.0 Å². The first-order valence-corrected chi connectivity index (χ1v) is 7.90. The first-order valence-electron chi connectivity index (χ1n) is 6.92. The van der Waals surface area contributed by atoms with Crippen molar-refractivity contribution < 1.29 is 9.18 Å².